The van der Waals surface area contributed by atoms with Gasteiger partial charge < -0.3 is 14.9 Å². The third kappa shape index (κ3) is 3.00. The second-order valence-electron chi connectivity index (χ2n) is 5.46. The molecular formula is C16H16N2O4. The Morgan fingerprint density at radius 2 is 2.00 bits per heavy atom. The second-order valence-corrected chi connectivity index (χ2v) is 5.46. The summed E-state index contributed by atoms with van der Waals surface area (Å²) in [4.78, 5) is 23.1. The summed E-state index contributed by atoms with van der Waals surface area (Å²) in [7, 11) is 0. The predicted octanol–water partition coefficient (Wildman–Crippen LogP) is 2.32. The van der Waals surface area contributed by atoms with Gasteiger partial charge in [0.2, 0.25) is 0 Å². The van der Waals surface area contributed by atoms with Crippen molar-refractivity contribution >= 4 is 11.9 Å². The van der Waals surface area contributed by atoms with E-state index in [0.717, 1.165) is 5.56 Å². The van der Waals surface area contributed by atoms with E-state index in [-0.39, 0.29) is 23.6 Å². The van der Waals surface area contributed by atoms with Crippen LogP contribution in [0.15, 0.2) is 40.9 Å². The van der Waals surface area contributed by atoms with Gasteiger partial charge in [-0.1, -0.05) is 35.5 Å². The maximum Gasteiger partial charge on any atom is 0.306 e. The van der Waals surface area contributed by atoms with Crippen molar-refractivity contribution in [3.8, 4) is 11.3 Å². The Morgan fingerprint density at radius 3 is 2.68 bits per heavy atom. The van der Waals surface area contributed by atoms with E-state index in [4.69, 9.17) is 9.63 Å². The lowest BCUT2D eigenvalue weighted by Gasteiger charge is -2.10. The molecule has 1 aromatic heterocycles. The van der Waals surface area contributed by atoms with Crippen molar-refractivity contribution in [1.82, 2.24) is 10.5 Å². The predicted molar refractivity (Wildman–Crippen MR) is 78.2 cm³/mol. The number of rotatable bonds is 4. The van der Waals surface area contributed by atoms with Crippen molar-refractivity contribution in [3.05, 3.63) is 42.1 Å². The maximum atomic E-state index is 12.1. The molecule has 1 amide bonds. The van der Waals surface area contributed by atoms with Crippen LogP contribution in [0, 0.1) is 5.92 Å². The highest BCUT2D eigenvalue weighted by Gasteiger charge is 2.31. The zero-order chi connectivity index (χ0) is 15.5. The lowest BCUT2D eigenvalue weighted by molar-refractivity contribution is -0.141. The first kappa shape index (κ1) is 14.3. The summed E-state index contributed by atoms with van der Waals surface area (Å²) in [5.41, 5.74) is 1.05. The average molecular weight is 300 g/mol. The Labute approximate surface area is 127 Å². The number of carbonyl (C=O) groups excluding carboxylic acids is 1. The molecule has 2 N–H and O–H groups in total. The van der Waals surface area contributed by atoms with E-state index in [1.54, 1.807) is 6.07 Å². The molecule has 6 heteroatoms. The van der Waals surface area contributed by atoms with E-state index in [9.17, 15) is 9.59 Å². The number of aliphatic carboxylic acids is 1. The first-order valence-electron chi connectivity index (χ1n) is 7.19. The number of hydrogen-bond donors (Lipinski definition) is 2. The molecule has 114 valence electrons. The summed E-state index contributed by atoms with van der Waals surface area (Å²) < 4.78 is 5.19. The second kappa shape index (κ2) is 6.01. The van der Waals surface area contributed by atoms with Crippen molar-refractivity contribution in [2.75, 3.05) is 0 Å². The molecule has 0 radical (unpaired) electrons. The number of carboxylic acid groups (broad SMARTS) is 1. The summed E-state index contributed by atoms with van der Waals surface area (Å²) >= 11 is 0. The minimum atomic E-state index is -0.801. The summed E-state index contributed by atoms with van der Waals surface area (Å²) in [6.45, 7) is 0. The number of benzene rings is 1. The third-order valence-corrected chi connectivity index (χ3v) is 3.92. The number of aromatic nitrogens is 1. The monoisotopic (exact) mass is 300 g/mol. The standard InChI is InChI=1S/C16H16N2O4/c19-15(17-12-7-6-11(8-12)16(20)21)13-9-14(22-18-13)10-4-2-1-3-5-10/h1-5,9,11-12H,6-8H2,(H,17,19)(H,20,21)/t11-,12+/m0/s1. The van der Waals surface area contributed by atoms with Crippen molar-refractivity contribution in [2.45, 2.75) is 25.3 Å². The molecule has 1 aromatic carbocycles. The number of carboxylic acids is 1. The molecule has 2 aromatic rings. The molecule has 2 atom stereocenters. The molecule has 0 bridgehead atoms. The first-order valence-corrected chi connectivity index (χ1v) is 7.19. The highest BCUT2D eigenvalue weighted by Crippen LogP contribution is 2.26. The molecule has 3 rings (SSSR count). The van der Waals surface area contributed by atoms with Crippen LogP contribution in [0.2, 0.25) is 0 Å². The number of amides is 1. The van der Waals surface area contributed by atoms with E-state index in [1.165, 1.54) is 0 Å². The topological polar surface area (TPSA) is 92.4 Å². The van der Waals surface area contributed by atoms with Gasteiger partial charge >= 0.3 is 5.97 Å². The van der Waals surface area contributed by atoms with Gasteiger partial charge in [0.25, 0.3) is 5.91 Å². The van der Waals surface area contributed by atoms with Gasteiger partial charge in [-0.2, -0.15) is 0 Å². The Balaban J connectivity index is 1.64. The van der Waals surface area contributed by atoms with Gasteiger partial charge in [0.15, 0.2) is 11.5 Å². The van der Waals surface area contributed by atoms with Gasteiger partial charge in [-0.15, -0.1) is 0 Å². The molecule has 0 spiro atoms. The summed E-state index contributed by atoms with van der Waals surface area (Å²) in [5.74, 6) is -0.977. The van der Waals surface area contributed by atoms with Crippen molar-refractivity contribution in [3.63, 3.8) is 0 Å². The largest absolute Gasteiger partial charge is 0.481 e. The van der Waals surface area contributed by atoms with Crippen LogP contribution in [0.5, 0.6) is 0 Å². The fourth-order valence-electron chi connectivity index (χ4n) is 2.72. The van der Waals surface area contributed by atoms with Crippen LogP contribution >= 0.6 is 0 Å². The zero-order valence-electron chi connectivity index (χ0n) is 11.9. The van der Waals surface area contributed by atoms with E-state index in [1.807, 2.05) is 30.3 Å². The van der Waals surface area contributed by atoms with Gasteiger partial charge in [0.1, 0.15) is 0 Å². The number of carbonyl (C=O) groups is 2. The van der Waals surface area contributed by atoms with Crippen LogP contribution in [0.3, 0.4) is 0 Å². The van der Waals surface area contributed by atoms with Crippen LogP contribution in [-0.4, -0.2) is 28.2 Å². The Morgan fingerprint density at radius 1 is 1.23 bits per heavy atom. The van der Waals surface area contributed by atoms with Crippen LogP contribution in [0.4, 0.5) is 0 Å². The first-order chi connectivity index (χ1) is 10.6. The fraction of sp³-hybridized carbons (Fsp3) is 0.312. The third-order valence-electron chi connectivity index (χ3n) is 3.92. The Kier molecular flexibility index (Phi) is 3.91. The molecule has 22 heavy (non-hydrogen) atoms. The Hall–Kier alpha value is -2.63. The highest BCUT2D eigenvalue weighted by molar-refractivity contribution is 5.93. The molecule has 1 fully saturated rings. The van der Waals surface area contributed by atoms with E-state index < -0.39 is 5.97 Å². The zero-order valence-corrected chi connectivity index (χ0v) is 11.9. The van der Waals surface area contributed by atoms with Gasteiger partial charge in [-0.3, -0.25) is 9.59 Å². The summed E-state index contributed by atoms with van der Waals surface area (Å²) in [5, 5.41) is 15.6. The smallest absolute Gasteiger partial charge is 0.306 e. The van der Waals surface area contributed by atoms with Gasteiger partial charge in [0.05, 0.1) is 5.92 Å². The lowest BCUT2D eigenvalue weighted by Crippen LogP contribution is -2.33. The number of hydrogen-bond acceptors (Lipinski definition) is 4. The van der Waals surface area contributed by atoms with E-state index in [0.29, 0.717) is 25.0 Å². The number of nitrogens with one attached hydrogen (secondary N) is 1. The fourth-order valence-corrected chi connectivity index (χ4v) is 2.72. The molecule has 1 aliphatic rings. The highest BCUT2D eigenvalue weighted by atomic mass is 16.5. The van der Waals surface area contributed by atoms with Crippen molar-refractivity contribution in [1.29, 1.82) is 0 Å². The van der Waals surface area contributed by atoms with Gasteiger partial charge in [0, 0.05) is 17.7 Å². The molecule has 1 saturated carbocycles. The minimum absolute atomic E-state index is 0.120. The number of nitrogens with zero attached hydrogens (tertiary/aromatic N) is 1. The molecule has 6 nitrogen and oxygen atoms in total. The molecule has 1 heterocycles. The van der Waals surface area contributed by atoms with Crippen LogP contribution in [-0.2, 0) is 4.79 Å². The maximum absolute atomic E-state index is 12.1. The minimum Gasteiger partial charge on any atom is -0.481 e. The van der Waals surface area contributed by atoms with Crippen molar-refractivity contribution < 1.29 is 19.2 Å². The summed E-state index contributed by atoms with van der Waals surface area (Å²) in [6, 6.07) is 10.9. The van der Waals surface area contributed by atoms with Crippen molar-refractivity contribution in [2.24, 2.45) is 5.92 Å². The molecule has 0 aliphatic heterocycles. The van der Waals surface area contributed by atoms with Gasteiger partial charge in [-0.25, -0.2) is 0 Å². The van der Waals surface area contributed by atoms with Crippen LogP contribution < -0.4 is 5.32 Å². The SMILES string of the molecule is O=C(N[C@@H]1CC[C@H](C(=O)O)C1)c1cc(-c2ccccc2)on1. The normalized spacial score (nSPS) is 20.7. The van der Waals surface area contributed by atoms with E-state index in [2.05, 4.69) is 10.5 Å². The summed E-state index contributed by atoms with van der Waals surface area (Å²) in [6.07, 6.45) is 1.73. The quantitative estimate of drug-likeness (QED) is 0.904. The lowest BCUT2D eigenvalue weighted by atomic mass is 10.1. The molecule has 0 unspecified atom stereocenters. The van der Waals surface area contributed by atoms with Crippen LogP contribution in [0.25, 0.3) is 11.3 Å². The molecule has 0 saturated heterocycles. The molecule has 1 aliphatic carbocycles. The van der Waals surface area contributed by atoms with Crippen LogP contribution in [0.1, 0.15) is 29.8 Å². The van der Waals surface area contributed by atoms with E-state index >= 15 is 0 Å². The average Bonchev–Trinajstić information content (AvgIpc) is 3.17. The molecular weight excluding hydrogens is 284 g/mol. The van der Waals surface area contributed by atoms with Gasteiger partial charge in [-0.05, 0) is 19.3 Å². The Bertz CT molecular complexity index is 680.